The molecule has 6 heteroatoms. The lowest BCUT2D eigenvalue weighted by Crippen LogP contribution is -2.01. The van der Waals surface area contributed by atoms with Crippen LogP contribution in [0.15, 0.2) is 142 Å². The van der Waals surface area contributed by atoms with Crippen LogP contribution in [0.2, 0.25) is 0 Å². The number of nitrogens with zero attached hydrogens (tertiary/aromatic N) is 4. The fraction of sp³-hybridized carbons (Fsp3) is 0. The molecule has 10 aromatic rings. The molecule has 6 aromatic carbocycles. The van der Waals surface area contributed by atoms with E-state index >= 15 is 0 Å². The van der Waals surface area contributed by atoms with Crippen molar-refractivity contribution >= 4 is 54.8 Å². The maximum Gasteiger partial charge on any atom is 0.164 e. The Kier molecular flexibility index (Phi) is 5.02. The van der Waals surface area contributed by atoms with Gasteiger partial charge in [-0.3, -0.25) is 4.98 Å². The smallest absolute Gasteiger partial charge is 0.164 e. The molecule has 11 rings (SSSR count). The quantitative estimate of drug-likeness (QED) is 0.197. The predicted octanol–water partition coefficient (Wildman–Crippen LogP) is 10.9. The molecule has 0 amide bonds. The van der Waals surface area contributed by atoms with Crippen LogP contribution in [0, 0.1) is 0 Å². The summed E-state index contributed by atoms with van der Waals surface area (Å²) in [5.41, 5.74) is 11.6. The molecule has 1 aliphatic carbocycles. The fourth-order valence-electron chi connectivity index (χ4n) is 7.46. The molecule has 0 fully saturated rings. The first-order valence-electron chi connectivity index (χ1n) is 15.9. The molecule has 0 saturated heterocycles. The molecule has 0 radical (unpaired) electrons. The molecule has 0 aliphatic heterocycles. The van der Waals surface area contributed by atoms with E-state index in [-0.39, 0.29) is 0 Å². The Morgan fingerprint density at radius 2 is 0.938 bits per heavy atom. The summed E-state index contributed by atoms with van der Waals surface area (Å²) in [6, 6.07) is 43.2. The van der Waals surface area contributed by atoms with Gasteiger partial charge in [-0.25, -0.2) is 15.0 Å². The van der Waals surface area contributed by atoms with Gasteiger partial charge in [0.15, 0.2) is 17.5 Å². The number of fused-ring (bicyclic) bond motifs is 9. The summed E-state index contributed by atoms with van der Waals surface area (Å²) in [6.45, 7) is 0. The summed E-state index contributed by atoms with van der Waals surface area (Å²) < 4.78 is 12.5. The lowest BCUT2D eigenvalue weighted by Gasteiger charge is -2.11. The highest BCUT2D eigenvalue weighted by atomic mass is 16.3. The highest BCUT2D eigenvalue weighted by Gasteiger charge is 2.24. The van der Waals surface area contributed by atoms with Gasteiger partial charge in [0.1, 0.15) is 22.3 Å². The molecule has 4 heterocycles. The molecule has 0 saturated carbocycles. The van der Waals surface area contributed by atoms with Gasteiger partial charge in [0.05, 0.1) is 5.52 Å². The third kappa shape index (κ3) is 3.51. The maximum absolute atomic E-state index is 6.26. The first-order chi connectivity index (χ1) is 23.8. The number of pyridine rings is 1. The van der Waals surface area contributed by atoms with E-state index in [1.165, 1.54) is 22.1 Å². The van der Waals surface area contributed by atoms with Gasteiger partial charge in [0, 0.05) is 49.8 Å². The van der Waals surface area contributed by atoms with Gasteiger partial charge in [-0.2, -0.15) is 0 Å². The second kappa shape index (κ2) is 9.44. The molecule has 4 aromatic heterocycles. The van der Waals surface area contributed by atoms with Crippen LogP contribution in [-0.4, -0.2) is 19.9 Å². The van der Waals surface area contributed by atoms with Crippen LogP contribution >= 0.6 is 0 Å². The number of hydrogen-bond donors (Lipinski definition) is 0. The van der Waals surface area contributed by atoms with E-state index in [1.807, 2.05) is 66.9 Å². The van der Waals surface area contributed by atoms with Crippen LogP contribution in [0.3, 0.4) is 0 Å². The molecule has 48 heavy (non-hydrogen) atoms. The van der Waals surface area contributed by atoms with Gasteiger partial charge < -0.3 is 8.83 Å². The van der Waals surface area contributed by atoms with Crippen molar-refractivity contribution in [1.29, 1.82) is 0 Å². The second-order valence-corrected chi connectivity index (χ2v) is 12.2. The average Bonchev–Trinajstić information content (AvgIpc) is 3.82. The minimum Gasteiger partial charge on any atom is -0.456 e. The zero-order valence-corrected chi connectivity index (χ0v) is 25.3. The van der Waals surface area contributed by atoms with Crippen LogP contribution in [0.4, 0.5) is 0 Å². The molecule has 0 N–H and O–H groups in total. The Morgan fingerprint density at radius 1 is 0.375 bits per heavy atom. The Balaban J connectivity index is 1.20. The Hall–Kier alpha value is -6.66. The highest BCUT2D eigenvalue weighted by Crippen LogP contribution is 2.48. The Morgan fingerprint density at radius 3 is 1.62 bits per heavy atom. The number of rotatable bonds is 3. The van der Waals surface area contributed by atoms with E-state index in [0.717, 1.165) is 71.6 Å². The third-order valence-corrected chi connectivity index (χ3v) is 9.55. The summed E-state index contributed by atoms with van der Waals surface area (Å²) in [5, 5.41) is 5.18. The van der Waals surface area contributed by atoms with Crippen molar-refractivity contribution in [3.05, 3.63) is 134 Å². The second-order valence-electron chi connectivity index (χ2n) is 12.2. The fourth-order valence-corrected chi connectivity index (χ4v) is 7.46. The van der Waals surface area contributed by atoms with Crippen molar-refractivity contribution in [2.24, 2.45) is 0 Å². The lowest BCUT2D eigenvalue weighted by molar-refractivity contribution is 0.668. The minimum absolute atomic E-state index is 0.576. The van der Waals surface area contributed by atoms with Crippen LogP contribution in [0.25, 0.3) is 111 Å². The first kappa shape index (κ1) is 25.5. The zero-order valence-electron chi connectivity index (χ0n) is 25.3. The van der Waals surface area contributed by atoms with E-state index in [2.05, 4.69) is 71.7 Å². The van der Waals surface area contributed by atoms with Crippen molar-refractivity contribution in [3.8, 4) is 56.4 Å². The van der Waals surface area contributed by atoms with Crippen molar-refractivity contribution in [3.63, 3.8) is 0 Å². The molecular formula is C42H22N4O2. The summed E-state index contributed by atoms with van der Waals surface area (Å²) in [7, 11) is 0. The van der Waals surface area contributed by atoms with Gasteiger partial charge in [-0.05, 0) is 64.7 Å². The number of aromatic nitrogens is 4. The summed E-state index contributed by atoms with van der Waals surface area (Å²) in [5.74, 6) is 1.74. The Labute approximate surface area is 273 Å². The van der Waals surface area contributed by atoms with Gasteiger partial charge in [0.25, 0.3) is 0 Å². The SMILES string of the molecule is c1cc2c3c(ccnc3c1)-c1ccc(-c3nc(-c4cccc5oc6ccccc6c45)nc(-c4cccc5oc6ccccc6c45)n3)cc1-2. The summed E-state index contributed by atoms with van der Waals surface area (Å²) in [4.78, 5) is 20.2. The zero-order chi connectivity index (χ0) is 31.3. The lowest BCUT2D eigenvalue weighted by atomic mass is 10.0. The van der Waals surface area contributed by atoms with E-state index in [0.29, 0.717) is 17.5 Å². The molecular weight excluding hydrogens is 592 g/mol. The van der Waals surface area contributed by atoms with E-state index in [9.17, 15) is 0 Å². The number of hydrogen-bond acceptors (Lipinski definition) is 6. The highest BCUT2D eigenvalue weighted by molar-refractivity contribution is 6.15. The van der Waals surface area contributed by atoms with Crippen molar-refractivity contribution in [2.45, 2.75) is 0 Å². The minimum atomic E-state index is 0.576. The van der Waals surface area contributed by atoms with Crippen LogP contribution < -0.4 is 0 Å². The predicted molar refractivity (Wildman–Crippen MR) is 190 cm³/mol. The normalized spacial score (nSPS) is 12.2. The van der Waals surface area contributed by atoms with Crippen molar-refractivity contribution < 1.29 is 8.83 Å². The van der Waals surface area contributed by atoms with E-state index in [4.69, 9.17) is 23.8 Å². The van der Waals surface area contributed by atoms with Gasteiger partial charge in [-0.1, -0.05) is 84.9 Å². The first-order valence-corrected chi connectivity index (χ1v) is 15.9. The maximum atomic E-state index is 6.26. The number of para-hydroxylation sites is 2. The summed E-state index contributed by atoms with van der Waals surface area (Å²) >= 11 is 0. The van der Waals surface area contributed by atoms with Crippen LogP contribution in [-0.2, 0) is 0 Å². The molecule has 0 unspecified atom stereocenters. The van der Waals surface area contributed by atoms with Gasteiger partial charge >= 0.3 is 0 Å². The number of benzene rings is 6. The molecule has 1 aliphatic rings. The molecule has 0 spiro atoms. The molecule has 0 bridgehead atoms. The van der Waals surface area contributed by atoms with E-state index in [1.54, 1.807) is 0 Å². The van der Waals surface area contributed by atoms with Crippen molar-refractivity contribution in [1.82, 2.24) is 19.9 Å². The number of furan rings is 2. The van der Waals surface area contributed by atoms with Crippen molar-refractivity contribution in [2.75, 3.05) is 0 Å². The topological polar surface area (TPSA) is 77.8 Å². The molecule has 222 valence electrons. The third-order valence-electron chi connectivity index (χ3n) is 9.55. The largest absolute Gasteiger partial charge is 0.456 e. The molecule has 0 atom stereocenters. The monoisotopic (exact) mass is 614 g/mol. The van der Waals surface area contributed by atoms with Gasteiger partial charge in [-0.15, -0.1) is 0 Å². The van der Waals surface area contributed by atoms with E-state index < -0.39 is 0 Å². The Bertz CT molecular complexity index is 2840. The van der Waals surface area contributed by atoms with Crippen LogP contribution in [0.1, 0.15) is 0 Å². The molecule has 6 nitrogen and oxygen atoms in total. The average molecular weight is 615 g/mol. The van der Waals surface area contributed by atoms with Crippen LogP contribution in [0.5, 0.6) is 0 Å². The van der Waals surface area contributed by atoms with Gasteiger partial charge in [0.2, 0.25) is 0 Å². The standard InChI is InChI=1S/C42H22N4O2/c1-3-14-33-27(8-1)38-29(11-6-16-35(38)47-33)41-44-40(23-18-19-24-26-20-21-43-32-13-5-10-25(37(26)32)31(24)22-23)45-42(46-41)30-12-7-17-36-39(30)28-9-2-4-15-34(28)48-36/h1-22H. The summed E-state index contributed by atoms with van der Waals surface area (Å²) in [6.07, 6.45) is 1.88.